The molecule has 0 unspecified atom stereocenters. The Balaban J connectivity index is 2.05. The number of aliphatic hydroxyl groups is 1. The molecule has 1 aliphatic carbocycles. The van der Waals surface area contributed by atoms with Crippen molar-refractivity contribution in [3.05, 3.63) is 24.3 Å². The number of nitrogens with zero attached hydrogens (tertiary/aromatic N) is 3. The Labute approximate surface area is 124 Å². The molecule has 3 rings (SSSR count). The van der Waals surface area contributed by atoms with E-state index in [-0.39, 0.29) is 6.61 Å². The zero-order chi connectivity index (χ0) is 14.7. The van der Waals surface area contributed by atoms with Crippen molar-refractivity contribution in [3.63, 3.8) is 0 Å². The summed E-state index contributed by atoms with van der Waals surface area (Å²) in [6.07, 6.45) is 4.34. The number of rotatable bonds is 6. The largest absolute Gasteiger partial charge is 0.396 e. The summed E-state index contributed by atoms with van der Waals surface area (Å²) in [7, 11) is 0. The summed E-state index contributed by atoms with van der Waals surface area (Å²) in [4.78, 5) is 11.3. The molecule has 1 saturated carbocycles. The molecule has 1 aromatic heterocycles. The molecular weight excluding hydrogens is 266 g/mol. The fourth-order valence-electron chi connectivity index (χ4n) is 2.74. The van der Waals surface area contributed by atoms with Crippen LogP contribution in [0.4, 0.5) is 11.8 Å². The number of hydrogen-bond donors (Lipinski definition) is 3. The molecule has 21 heavy (non-hydrogen) atoms. The third-order valence-electron chi connectivity index (χ3n) is 4.06. The van der Waals surface area contributed by atoms with Crippen molar-refractivity contribution < 1.29 is 5.11 Å². The fraction of sp³-hybridized carbons (Fsp3) is 0.467. The van der Waals surface area contributed by atoms with Crippen molar-refractivity contribution >= 4 is 22.7 Å². The lowest BCUT2D eigenvalue weighted by Gasteiger charge is -2.39. The van der Waals surface area contributed by atoms with Crippen LogP contribution in [0.3, 0.4) is 0 Å². The molecule has 1 heterocycles. The van der Waals surface area contributed by atoms with E-state index in [4.69, 9.17) is 10.9 Å². The van der Waals surface area contributed by atoms with Crippen molar-refractivity contribution in [2.75, 3.05) is 23.5 Å². The van der Waals surface area contributed by atoms with E-state index < -0.39 is 0 Å². The predicted octanol–water partition coefficient (Wildman–Crippen LogP) is 1.66. The first-order valence-corrected chi connectivity index (χ1v) is 7.44. The van der Waals surface area contributed by atoms with Gasteiger partial charge in [-0.3, -0.25) is 5.43 Å². The minimum Gasteiger partial charge on any atom is -0.396 e. The molecule has 1 aliphatic rings. The number of hydrazine groups is 1. The van der Waals surface area contributed by atoms with Gasteiger partial charge in [0.1, 0.15) is 5.82 Å². The third-order valence-corrected chi connectivity index (χ3v) is 4.06. The number of nitrogens with two attached hydrogens (primary N) is 1. The molecule has 0 amide bonds. The van der Waals surface area contributed by atoms with Crippen LogP contribution in [0.2, 0.25) is 0 Å². The molecule has 1 fully saturated rings. The highest BCUT2D eigenvalue weighted by molar-refractivity contribution is 5.90. The Bertz CT molecular complexity index is 614. The topological polar surface area (TPSA) is 87.3 Å². The second-order valence-corrected chi connectivity index (χ2v) is 5.39. The molecule has 6 nitrogen and oxygen atoms in total. The highest BCUT2D eigenvalue weighted by Crippen LogP contribution is 2.33. The minimum atomic E-state index is 0.189. The number of benzene rings is 1. The smallest absolute Gasteiger partial charge is 0.239 e. The van der Waals surface area contributed by atoms with E-state index in [0.29, 0.717) is 12.0 Å². The zero-order valence-corrected chi connectivity index (χ0v) is 12.0. The fourth-order valence-corrected chi connectivity index (χ4v) is 2.74. The average Bonchev–Trinajstić information content (AvgIpc) is 2.48. The van der Waals surface area contributed by atoms with Crippen molar-refractivity contribution in [1.82, 2.24) is 9.97 Å². The van der Waals surface area contributed by atoms with Gasteiger partial charge in [0.25, 0.3) is 0 Å². The van der Waals surface area contributed by atoms with Gasteiger partial charge in [-0.1, -0.05) is 12.1 Å². The second-order valence-electron chi connectivity index (χ2n) is 5.39. The first kappa shape index (κ1) is 14.0. The monoisotopic (exact) mass is 287 g/mol. The van der Waals surface area contributed by atoms with Gasteiger partial charge in [-0.25, -0.2) is 10.8 Å². The summed E-state index contributed by atoms with van der Waals surface area (Å²) in [6, 6.07) is 8.46. The van der Waals surface area contributed by atoms with E-state index in [9.17, 15) is 0 Å². The Morgan fingerprint density at radius 2 is 2.10 bits per heavy atom. The lowest BCUT2D eigenvalue weighted by Crippen LogP contribution is -2.42. The van der Waals surface area contributed by atoms with Crippen LogP contribution in [0.25, 0.3) is 10.9 Å². The lowest BCUT2D eigenvalue weighted by molar-refractivity contribution is 0.282. The first-order valence-electron chi connectivity index (χ1n) is 7.44. The quantitative estimate of drug-likeness (QED) is 0.553. The Kier molecular flexibility index (Phi) is 4.17. The molecule has 0 atom stereocenters. The van der Waals surface area contributed by atoms with Crippen LogP contribution < -0.4 is 16.2 Å². The highest BCUT2D eigenvalue weighted by Gasteiger charge is 2.27. The van der Waals surface area contributed by atoms with Crippen LogP contribution in [0, 0.1) is 0 Å². The maximum absolute atomic E-state index is 9.16. The minimum absolute atomic E-state index is 0.189. The molecule has 2 aromatic rings. The van der Waals surface area contributed by atoms with E-state index in [1.165, 1.54) is 19.3 Å². The summed E-state index contributed by atoms with van der Waals surface area (Å²) >= 11 is 0. The van der Waals surface area contributed by atoms with E-state index in [1.54, 1.807) is 0 Å². The van der Waals surface area contributed by atoms with Gasteiger partial charge in [0.05, 0.1) is 5.52 Å². The van der Waals surface area contributed by atoms with Crippen molar-refractivity contribution in [3.8, 4) is 0 Å². The Hall–Kier alpha value is -1.92. The molecule has 0 saturated heterocycles. The molecule has 0 radical (unpaired) electrons. The molecule has 112 valence electrons. The number of nitrogens with one attached hydrogen (secondary N) is 1. The maximum atomic E-state index is 9.16. The van der Waals surface area contributed by atoms with E-state index in [1.807, 2.05) is 24.3 Å². The number of hydrogen-bond acceptors (Lipinski definition) is 6. The van der Waals surface area contributed by atoms with Crippen molar-refractivity contribution in [2.45, 2.75) is 31.7 Å². The lowest BCUT2D eigenvalue weighted by atomic mass is 9.91. The number of fused-ring (bicyclic) bond motifs is 1. The molecule has 0 spiro atoms. The molecule has 1 aromatic carbocycles. The number of aliphatic hydroxyl groups excluding tert-OH is 1. The SMILES string of the molecule is NNc1nc(N(CCCO)C2CCC2)c2ccccc2n1. The average molecular weight is 287 g/mol. The number of nitrogen functional groups attached to an aromatic ring is 1. The van der Waals surface area contributed by atoms with Gasteiger partial charge in [-0.15, -0.1) is 0 Å². The van der Waals surface area contributed by atoms with Crippen LogP contribution in [0.15, 0.2) is 24.3 Å². The molecular formula is C15H21N5O. The van der Waals surface area contributed by atoms with Gasteiger partial charge in [-0.05, 0) is 37.8 Å². The zero-order valence-electron chi connectivity index (χ0n) is 12.0. The normalized spacial score (nSPS) is 15.0. The number of anilines is 2. The van der Waals surface area contributed by atoms with Gasteiger partial charge in [0.15, 0.2) is 0 Å². The van der Waals surface area contributed by atoms with Gasteiger partial charge in [0, 0.05) is 24.6 Å². The van der Waals surface area contributed by atoms with Crippen molar-refractivity contribution in [2.24, 2.45) is 5.84 Å². The summed E-state index contributed by atoms with van der Waals surface area (Å²) in [5.74, 6) is 6.84. The Morgan fingerprint density at radius 3 is 2.76 bits per heavy atom. The summed E-state index contributed by atoms with van der Waals surface area (Å²) < 4.78 is 0. The van der Waals surface area contributed by atoms with Crippen LogP contribution >= 0.6 is 0 Å². The van der Waals surface area contributed by atoms with Gasteiger partial charge in [-0.2, -0.15) is 4.98 Å². The van der Waals surface area contributed by atoms with Crippen LogP contribution in [-0.4, -0.2) is 34.3 Å². The molecule has 0 aliphatic heterocycles. The van der Waals surface area contributed by atoms with E-state index in [0.717, 1.165) is 29.7 Å². The van der Waals surface area contributed by atoms with Crippen molar-refractivity contribution in [1.29, 1.82) is 0 Å². The molecule has 4 N–H and O–H groups in total. The number of para-hydroxylation sites is 1. The van der Waals surface area contributed by atoms with Gasteiger partial charge in [0.2, 0.25) is 5.95 Å². The summed E-state index contributed by atoms with van der Waals surface area (Å²) in [5, 5.41) is 10.2. The first-order chi connectivity index (χ1) is 10.3. The van der Waals surface area contributed by atoms with Crippen LogP contribution in [0.1, 0.15) is 25.7 Å². The molecule has 6 heteroatoms. The standard InChI is InChI=1S/C15H21N5O/c16-19-15-17-13-8-2-1-7-12(13)14(18-15)20(9-4-10-21)11-5-3-6-11/h1-2,7-8,11,21H,3-6,9-10,16H2,(H,17,18,19). The Morgan fingerprint density at radius 1 is 1.29 bits per heavy atom. The van der Waals surface area contributed by atoms with E-state index >= 15 is 0 Å². The van der Waals surface area contributed by atoms with Gasteiger partial charge < -0.3 is 10.0 Å². The summed E-state index contributed by atoms with van der Waals surface area (Å²) in [6.45, 7) is 0.987. The van der Waals surface area contributed by atoms with Gasteiger partial charge >= 0.3 is 0 Å². The summed E-state index contributed by atoms with van der Waals surface area (Å²) in [5.41, 5.74) is 3.43. The molecule has 0 bridgehead atoms. The second kappa shape index (κ2) is 6.24. The van der Waals surface area contributed by atoms with E-state index in [2.05, 4.69) is 20.3 Å². The number of aromatic nitrogens is 2. The maximum Gasteiger partial charge on any atom is 0.239 e. The predicted molar refractivity (Wildman–Crippen MR) is 84.0 cm³/mol. The van der Waals surface area contributed by atoms with Crippen LogP contribution in [0.5, 0.6) is 0 Å². The van der Waals surface area contributed by atoms with Crippen LogP contribution in [-0.2, 0) is 0 Å². The third kappa shape index (κ3) is 2.77. The highest BCUT2D eigenvalue weighted by atomic mass is 16.3.